The van der Waals surface area contributed by atoms with E-state index in [1.54, 1.807) is 34.3 Å². The molecule has 0 bridgehead atoms. The van der Waals surface area contributed by atoms with Crippen LogP contribution in [0.4, 0.5) is 4.39 Å². The lowest BCUT2D eigenvalue weighted by atomic mass is 10.00. The van der Waals surface area contributed by atoms with E-state index < -0.39 is 5.82 Å². The first-order valence-corrected chi connectivity index (χ1v) is 13.0. The van der Waals surface area contributed by atoms with E-state index in [1.807, 2.05) is 49.6 Å². The monoisotopic (exact) mass is 510 g/mol. The summed E-state index contributed by atoms with van der Waals surface area (Å²) in [7, 11) is 1.59. The highest BCUT2D eigenvalue weighted by molar-refractivity contribution is 7.10. The first-order chi connectivity index (χ1) is 17.4. The molecule has 0 spiro atoms. The zero-order chi connectivity index (χ0) is 25.7. The van der Waals surface area contributed by atoms with Gasteiger partial charge in [0.05, 0.1) is 13.2 Å². The van der Waals surface area contributed by atoms with E-state index in [-0.39, 0.29) is 42.6 Å². The van der Waals surface area contributed by atoms with Gasteiger partial charge in [-0.1, -0.05) is 25.1 Å². The first-order valence-electron chi connectivity index (χ1n) is 12.1. The van der Waals surface area contributed by atoms with E-state index in [2.05, 4.69) is 0 Å². The van der Waals surface area contributed by atoms with E-state index in [0.29, 0.717) is 24.5 Å². The van der Waals surface area contributed by atoms with Crippen LogP contribution in [-0.2, 0) is 11.2 Å². The van der Waals surface area contributed by atoms with Crippen molar-refractivity contribution in [3.8, 4) is 11.5 Å². The molecule has 0 aliphatic carbocycles. The van der Waals surface area contributed by atoms with Gasteiger partial charge in [-0.05, 0) is 67.1 Å². The Morgan fingerprint density at radius 3 is 2.67 bits per heavy atom. The van der Waals surface area contributed by atoms with Crippen LogP contribution in [0.15, 0.2) is 60.0 Å². The normalized spacial score (nSPS) is 15.7. The van der Waals surface area contributed by atoms with E-state index in [1.165, 1.54) is 23.1 Å². The zero-order valence-corrected chi connectivity index (χ0v) is 21.6. The lowest BCUT2D eigenvalue weighted by Crippen LogP contribution is -2.49. The number of nitrogens with zero attached hydrogens (tertiary/aromatic N) is 2. The maximum atomic E-state index is 13.8. The summed E-state index contributed by atoms with van der Waals surface area (Å²) in [5.74, 6) is 0.237. The van der Waals surface area contributed by atoms with E-state index in [4.69, 9.17) is 9.47 Å². The smallest absolute Gasteiger partial charge is 0.254 e. The van der Waals surface area contributed by atoms with Crippen LogP contribution in [0.25, 0.3) is 0 Å². The average Bonchev–Trinajstić information content (AvgIpc) is 3.38. The van der Waals surface area contributed by atoms with Crippen LogP contribution in [-0.4, -0.2) is 54.5 Å². The predicted octanol–water partition coefficient (Wildman–Crippen LogP) is 5.34. The summed E-state index contributed by atoms with van der Waals surface area (Å²) in [6, 6.07) is 14.6. The SMILES string of the molecule is CC[C@@H](C)N(CC(=O)N1CCc2sccc2[C@@H]1COc1ccccc1OC)C(=O)c1cccc(F)c1. The average molecular weight is 511 g/mol. The Balaban J connectivity index is 1.56. The van der Waals surface area contributed by atoms with Gasteiger partial charge in [0.2, 0.25) is 5.91 Å². The molecule has 36 heavy (non-hydrogen) atoms. The van der Waals surface area contributed by atoms with Gasteiger partial charge in [0.1, 0.15) is 19.0 Å². The van der Waals surface area contributed by atoms with Crippen molar-refractivity contribution in [2.45, 2.75) is 38.8 Å². The second kappa shape index (κ2) is 11.6. The van der Waals surface area contributed by atoms with Crippen molar-refractivity contribution in [2.24, 2.45) is 0 Å². The maximum Gasteiger partial charge on any atom is 0.254 e. The number of para-hydroxylation sites is 2. The molecule has 3 aromatic rings. The van der Waals surface area contributed by atoms with Crippen molar-refractivity contribution in [2.75, 3.05) is 26.8 Å². The van der Waals surface area contributed by atoms with E-state index >= 15 is 0 Å². The van der Waals surface area contributed by atoms with Gasteiger partial charge >= 0.3 is 0 Å². The standard InChI is InChI=1S/C28H31FN2O4S/c1-4-19(2)31(28(33)20-8-7-9-21(29)16-20)17-27(32)30-14-12-26-22(13-15-36-26)23(30)18-35-25-11-6-5-10-24(25)34-3/h5-11,13,15-16,19,23H,4,12,14,17-18H2,1-3H3/t19-,23+/m1/s1. The zero-order valence-electron chi connectivity index (χ0n) is 20.8. The largest absolute Gasteiger partial charge is 0.493 e. The Kier molecular flexibility index (Phi) is 8.25. The van der Waals surface area contributed by atoms with Crippen molar-refractivity contribution in [1.82, 2.24) is 9.80 Å². The molecular weight excluding hydrogens is 479 g/mol. The Morgan fingerprint density at radius 1 is 1.17 bits per heavy atom. The molecule has 2 aromatic carbocycles. The molecule has 6 nitrogen and oxygen atoms in total. The fourth-order valence-corrected chi connectivity index (χ4v) is 5.38. The van der Waals surface area contributed by atoms with Gasteiger partial charge < -0.3 is 19.3 Å². The van der Waals surface area contributed by atoms with Gasteiger partial charge in [-0.15, -0.1) is 11.3 Å². The van der Waals surface area contributed by atoms with Crippen LogP contribution < -0.4 is 9.47 Å². The lowest BCUT2D eigenvalue weighted by Gasteiger charge is -2.38. The van der Waals surface area contributed by atoms with Crippen LogP contribution in [0.2, 0.25) is 0 Å². The minimum absolute atomic E-state index is 0.0883. The number of rotatable bonds is 9. The molecule has 2 atom stereocenters. The van der Waals surface area contributed by atoms with Crippen molar-refractivity contribution in [1.29, 1.82) is 0 Å². The fraction of sp³-hybridized carbons (Fsp3) is 0.357. The summed E-state index contributed by atoms with van der Waals surface area (Å²) in [5, 5.41) is 2.04. The first kappa shape index (κ1) is 25.7. The molecule has 0 saturated carbocycles. The Morgan fingerprint density at radius 2 is 1.94 bits per heavy atom. The van der Waals surface area contributed by atoms with Crippen molar-refractivity contribution in [3.05, 3.63) is 81.8 Å². The number of methoxy groups -OCH3 is 1. The predicted molar refractivity (Wildman–Crippen MR) is 138 cm³/mol. The molecule has 0 fully saturated rings. The summed E-state index contributed by atoms with van der Waals surface area (Å²) in [5.41, 5.74) is 1.30. The van der Waals surface area contributed by atoms with E-state index in [9.17, 15) is 14.0 Å². The number of ether oxygens (including phenoxy) is 2. The van der Waals surface area contributed by atoms with Gasteiger partial charge in [-0.25, -0.2) is 4.39 Å². The van der Waals surface area contributed by atoms with Crippen LogP contribution in [0.5, 0.6) is 11.5 Å². The molecular formula is C28H31FN2O4S. The molecule has 2 amide bonds. The highest BCUT2D eigenvalue weighted by Gasteiger charge is 2.34. The number of carbonyl (C=O) groups excluding carboxylic acids is 2. The maximum absolute atomic E-state index is 13.8. The van der Waals surface area contributed by atoms with Gasteiger partial charge in [-0.2, -0.15) is 0 Å². The molecule has 0 unspecified atom stereocenters. The Bertz CT molecular complexity index is 1210. The number of hydrogen-bond acceptors (Lipinski definition) is 5. The molecule has 1 aliphatic rings. The minimum atomic E-state index is -0.481. The van der Waals surface area contributed by atoms with Crippen molar-refractivity contribution in [3.63, 3.8) is 0 Å². The summed E-state index contributed by atoms with van der Waals surface area (Å²) in [6.45, 7) is 4.57. The molecule has 4 rings (SSSR count). The molecule has 0 saturated heterocycles. The number of thiophene rings is 1. The number of carbonyl (C=O) groups is 2. The third-order valence-electron chi connectivity index (χ3n) is 6.64. The highest BCUT2D eigenvalue weighted by atomic mass is 32.1. The molecule has 1 aliphatic heterocycles. The van der Waals surface area contributed by atoms with Crippen molar-refractivity contribution >= 4 is 23.2 Å². The number of halogens is 1. The summed E-state index contributed by atoms with van der Waals surface area (Å²) in [6.07, 6.45) is 1.43. The van der Waals surface area contributed by atoms with Gasteiger partial charge in [0.25, 0.3) is 5.91 Å². The van der Waals surface area contributed by atoms with Crippen molar-refractivity contribution < 1.29 is 23.5 Å². The fourth-order valence-electron chi connectivity index (χ4n) is 4.45. The molecule has 2 heterocycles. The van der Waals surface area contributed by atoms with Crippen LogP contribution in [0.3, 0.4) is 0 Å². The van der Waals surface area contributed by atoms with Gasteiger partial charge in [0, 0.05) is 23.0 Å². The highest BCUT2D eigenvalue weighted by Crippen LogP contribution is 2.35. The van der Waals surface area contributed by atoms with Gasteiger partial charge in [-0.3, -0.25) is 9.59 Å². The topological polar surface area (TPSA) is 59.1 Å². The number of amides is 2. The minimum Gasteiger partial charge on any atom is -0.493 e. The van der Waals surface area contributed by atoms with Gasteiger partial charge in [0.15, 0.2) is 11.5 Å². The summed E-state index contributed by atoms with van der Waals surface area (Å²) in [4.78, 5) is 31.6. The van der Waals surface area contributed by atoms with Crippen LogP contribution in [0.1, 0.15) is 47.1 Å². The number of benzene rings is 2. The quantitative estimate of drug-likeness (QED) is 0.390. The molecule has 0 N–H and O–H groups in total. The summed E-state index contributed by atoms with van der Waals surface area (Å²) < 4.78 is 25.3. The van der Waals surface area contributed by atoms with Crippen LogP contribution >= 0.6 is 11.3 Å². The summed E-state index contributed by atoms with van der Waals surface area (Å²) >= 11 is 1.68. The second-order valence-corrected chi connectivity index (χ2v) is 9.82. The second-order valence-electron chi connectivity index (χ2n) is 8.81. The molecule has 1 aromatic heterocycles. The third-order valence-corrected chi connectivity index (χ3v) is 7.64. The molecule has 0 radical (unpaired) electrons. The molecule has 190 valence electrons. The van der Waals surface area contributed by atoms with Crippen LogP contribution in [0, 0.1) is 5.82 Å². The lowest BCUT2D eigenvalue weighted by molar-refractivity contribution is -0.136. The van der Waals surface area contributed by atoms with E-state index in [0.717, 1.165) is 12.0 Å². The Hall–Kier alpha value is -3.39. The third kappa shape index (κ3) is 5.54. The Labute approximate surface area is 215 Å². The number of hydrogen-bond donors (Lipinski definition) is 0. The molecule has 8 heteroatoms. The number of fused-ring (bicyclic) bond motifs is 1.